The molecule has 1 aromatic rings. The van der Waals surface area contributed by atoms with Crippen molar-refractivity contribution in [1.82, 2.24) is 5.32 Å². The van der Waals surface area contributed by atoms with Crippen LogP contribution in [0.4, 0.5) is 0 Å². The Morgan fingerprint density at radius 1 is 1.00 bits per heavy atom. The molecule has 0 saturated heterocycles. The molecule has 1 rings (SSSR count). The van der Waals surface area contributed by atoms with Gasteiger partial charge in [0, 0.05) is 19.8 Å². The Labute approximate surface area is 162 Å². The first-order valence-corrected chi connectivity index (χ1v) is 9.61. The van der Waals surface area contributed by atoms with Crippen molar-refractivity contribution in [1.29, 1.82) is 0 Å². The average Bonchev–Trinajstić information content (AvgIpc) is 2.65. The van der Waals surface area contributed by atoms with Gasteiger partial charge in [-0.25, -0.2) is 4.79 Å². The number of nitrogens with one attached hydrogen (secondary N) is 1. The molecular weight excluding hydrogens is 346 g/mol. The summed E-state index contributed by atoms with van der Waals surface area (Å²) in [5, 5.41) is 2.71. The van der Waals surface area contributed by atoms with Crippen molar-refractivity contribution < 1.29 is 23.8 Å². The number of amides is 1. The second-order valence-corrected chi connectivity index (χ2v) is 6.93. The minimum Gasteiger partial charge on any atom is -0.454 e. The molecule has 6 heteroatoms. The van der Waals surface area contributed by atoms with E-state index >= 15 is 0 Å². The summed E-state index contributed by atoms with van der Waals surface area (Å²) in [5.74, 6) is -0.332. The van der Waals surface area contributed by atoms with E-state index in [9.17, 15) is 9.59 Å². The maximum absolute atomic E-state index is 11.8. The Morgan fingerprint density at radius 2 is 1.70 bits per heavy atom. The Morgan fingerprint density at radius 3 is 2.37 bits per heavy atom. The zero-order valence-electron chi connectivity index (χ0n) is 16.9. The first-order valence-electron chi connectivity index (χ1n) is 9.61. The third kappa shape index (κ3) is 10.7. The molecule has 0 aliphatic heterocycles. The quantitative estimate of drug-likeness (QED) is 0.421. The molecule has 0 radical (unpaired) electrons. The summed E-state index contributed by atoms with van der Waals surface area (Å²) in [7, 11) is 0. The van der Waals surface area contributed by atoms with Crippen molar-refractivity contribution in [2.45, 2.75) is 52.7 Å². The van der Waals surface area contributed by atoms with Crippen LogP contribution < -0.4 is 5.32 Å². The van der Waals surface area contributed by atoms with Gasteiger partial charge in [0.25, 0.3) is 5.91 Å². The van der Waals surface area contributed by atoms with E-state index in [0.29, 0.717) is 32.1 Å². The second kappa shape index (κ2) is 13.3. The molecule has 0 heterocycles. The van der Waals surface area contributed by atoms with Crippen molar-refractivity contribution in [3.05, 3.63) is 35.9 Å². The summed E-state index contributed by atoms with van der Waals surface area (Å²) >= 11 is 0. The summed E-state index contributed by atoms with van der Waals surface area (Å²) in [6, 6.07) is 9.97. The van der Waals surface area contributed by atoms with Crippen molar-refractivity contribution >= 4 is 11.9 Å². The molecule has 1 amide bonds. The second-order valence-electron chi connectivity index (χ2n) is 6.93. The summed E-state index contributed by atoms with van der Waals surface area (Å²) < 4.78 is 16.1. The van der Waals surface area contributed by atoms with Crippen LogP contribution in [-0.4, -0.2) is 44.3 Å². The van der Waals surface area contributed by atoms with Gasteiger partial charge in [-0.3, -0.25) is 4.79 Å². The third-order valence-electron chi connectivity index (χ3n) is 4.02. The van der Waals surface area contributed by atoms with E-state index in [1.165, 1.54) is 0 Å². The van der Waals surface area contributed by atoms with Crippen LogP contribution in [0.1, 0.15) is 52.2 Å². The molecule has 0 fully saturated rings. The lowest BCUT2D eigenvalue weighted by Gasteiger charge is -2.14. The topological polar surface area (TPSA) is 73.9 Å². The molecule has 0 saturated carbocycles. The first-order chi connectivity index (χ1) is 12.9. The van der Waals surface area contributed by atoms with Gasteiger partial charge in [-0.05, 0) is 38.2 Å². The monoisotopic (exact) mass is 379 g/mol. The van der Waals surface area contributed by atoms with Crippen LogP contribution in [0.2, 0.25) is 0 Å². The minimum atomic E-state index is -0.663. The third-order valence-corrected chi connectivity index (χ3v) is 4.02. The van der Waals surface area contributed by atoms with E-state index in [1.54, 1.807) is 6.92 Å². The lowest BCUT2D eigenvalue weighted by molar-refractivity contribution is -0.159. The van der Waals surface area contributed by atoms with E-state index in [1.807, 2.05) is 37.3 Å². The Kier molecular flexibility index (Phi) is 11.4. The normalized spacial score (nSPS) is 13.2. The summed E-state index contributed by atoms with van der Waals surface area (Å²) in [6.07, 6.45) is 0.915. The number of hydrogen-bond donors (Lipinski definition) is 1. The molecule has 1 N–H and O–H groups in total. The lowest BCUT2D eigenvalue weighted by atomic mass is 10.1. The number of ether oxygens (including phenoxy) is 3. The highest BCUT2D eigenvalue weighted by Crippen LogP contribution is 2.15. The minimum absolute atomic E-state index is 0.0139. The smallest absolute Gasteiger partial charge is 0.335 e. The van der Waals surface area contributed by atoms with Gasteiger partial charge >= 0.3 is 5.97 Å². The number of esters is 1. The zero-order chi connectivity index (χ0) is 20.1. The first kappa shape index (κ1) is 23.1. The maximum Gasteiger partial charge on any atom is 0.335 e. The molecule has 6 nitrogen and oxygen atoms in total. The van der Waals surface area contributed by atoms with Crippen molar-refractivity contribution in [2.75, 3.05) is 26.4 Å². The zero-order valence-corrected chi connectivity index (χ0v) is 16.9. The van der Waals surface area contributed by atoms with Crippen molar-refractivity contribution in [3.8, 4) is 0 Å². The number of hydrogen-bond acceptors (Lipinski definition) is 5. The van der Waals surface area contributed by atoms with Crippen LogP contribution in [-0.2, 0) is 23.8 Å². The van der Waals surface area contributed by atoms with Gasteiger partial charge in [-0.2, -0.15) is 0 Å². The summed E-state index contributed by atoms with van der Waals surface area (Å²) in [6.45, 7) is 9.02. The highest BCUT2D eigenvalue weighted by Gasteiger charge is 2.16. The lowest BCUT2D eigenvalue weighted by Crippen LogP contribution is -2.32. The Hall–Kier alpha value is -1.92. The molecule has 152 valence electrons. The molecule has 0 aromatic heterocycles. The molecule has 0 bridgehead atoms. The van der Waals surface area contributed by atoms with E-state index in [4.69, 9.17) is 14.2 Å². The van der Waals surface area contributed by atoms with E-state index < -0.39 is 12.1 Å². The molecule has 0 aliphatic carbocycles. The van der Waals surface area contributed by atoms with Gasteiger partial charge in [0.05, 0.1) is 6.10 Å². The van der Waals surface area contributed by atoms with Gasteiger partial charge in [0.1, 0.15) is 0 Å². The van der Waals surface area contributed by atoms with Crippen LogP contribution in [0.25, 0.3) is 0 Å². The molecule has 27 heavy (non-hydrogen) atoms. The van der Waals surface area contributed by atoms with Gasteiger partial charge < -0.3 is 19.5 Å². The summed E-state index contributed by atoms with van der Waals surface area (Å²) in [5.41, 5.74) is 1.12. The molecule has 0 aliphatic rings. The van der Waals surface area contributed by atoms with Crippen LogP contribution >= 0.6 is 0 Å². The molecule has 0 spiro atoms. The molecule has 2 atom stereocenters. The fourth-order valence-corrected chi connectivity index (χ4v) is 2.23. The largest absolute Gasteiger partial charge is 0.454 e. The number of benzene rings is 1. The number of rotatable bonds is 13. The molecule has 1 aromatic carbocycles. The van der Waals surface area contributed by atoms with Crippen LogP contribution in [0.15, 0.2) is 30.3 Å². The SMILES string of the molecule is CC(C)CCOC(C)C(=O)OCC(=O)NCCCOC(C)c1ccccc1. The number of carbonyl (C=O) groups is 2. The standard InChI is InChI=1S/C21H33NO5/c1-16(2)11-14-26-18(4)21(24)27-15-20(23)22-12-8-13-25-17(3)19-9-6-5-7-10-19/h5-7,9-10,16-18H,8,11-15H2,1-4H3,(H,22,23). The van der Waals surface area contributed by atoms with E-state index in [2.05, 4.69) is 19.2 Å². The Balaban J connectivity index is 2.07. The van der Waals surface area contributed by atoms with Gasteiger partial charge in [0.15, 0.2) is 12.7 Å². The molecular formula is C21H33NO5. The maximum atomic E-state index is 11.8. The van der Waals surface area contributed by atoms with Gasteiger partial charge in [-0.15, -0.1) is 0 Å². The predicted molar refractivity (Wildman–Crippen MR) is 104 cm³/mol. The van der Waals surface area contributed by atoms with E-state index in [0.717, 1.165) is 12.0 Å². The average molecular weight is 379 g/mol. The fraction of sp³-hybridized carbons (Fsp3) is 0.619. The predicted octanol–water partition coefficient (Wildman–Crippen LogP) is 3.26. The van der Waals surface area contributed by atoms with Gasteiger partial charge in [0.2, 0.25) is 0 Å². The van der Waals surface area contributed by atoms with Crippen LogP contribution in [0, 0.1) is 5.92 Å². The summed E-state index contributed by atoms with van der Waals surface area (Å²) in [4.78, 5) is 23.5. The van der Waals surface area contributed by atoms with Crippen molar-refractivity contribution in [3.63, 3.8) is 0 Å². The van der Waals surface area contributed by atoms with E-state index in [-0.39, 0.29) is 18.6 Å². The van der Waals surface area contributed by atoms with Gasteiger partial charge in [-0.1, -0.05) is 44.2 Å². The van der Waals surface area contributed by atoms with Crippen LogP contribution in [0.5, 0.6) is 0 Å². The fourth-order valence-electron chi connectivity index (χ4n) is 2.23. The highest BCUT2D eigenvalue weighted by molar-refractivity contribution is 5.81. The van der Waals surface area contributed by atoms with Crippen molar-refractivity contribution in [2.24, 2.45) is 5.92 Å². The Bertz CT molecular complexity index is 547. The number of carbonyl (C=O) groups excluding carboxylic acids is 2. The highest BCUT2D eigenvalue weighted by atomic mass is 16.6. The molecule has 2 unspecified atom stereocenters. The van der Waals surface area contributed by atoms with Crippen LogP contribution in [0.3, 0.4) is 0 Å².